The minimum Gasteiger partial charge on any atom is -0.493 e. The Labute approximate surface area is 210 Å². The highest BCUT2D eigenvalue weighted by atomic mass is 16.5. The fraction of sp³-hybridized carbons (Fsp3) is 0.600. The molecule has 1 aromatic heterocycles. The molecule has 0 spiro atoms. The zero-order valence-electron chi connectivity index (χ0n) is 20.7. The van der Waals surface area contributed by atoms with Crippen molar-refractivity contribution in [3.63, 3.8) is 0 Å². The van der Waals surface area contributed by atoms with Crippen LogP contribution in [0.15, 0.2) is 36.1 Å². The van der Waals surface area contributed by atoms with Gasteiger partial charge in [0.05, 0.1) is 45.3 Å². The van der Waals surface area contributed by atoms with Crippen molar-refractivity contribution in [3.05, 3.63) is 41.8 Å². The number of amides is 1. The van der Waals surface area contributed by atoms with Gasteiger partial charge in [-0.2, -0.15) is 5.26 Å². The predicted octanol–water partition coefficient (Wildman–Crippen LogP) is 0.186. The molecule has 3 heterocycles. The molecule has 1 aromatic rings. The Morgan fingerprint density at radius 2 is 2.06 bits per heavy atom. The largest absolute Gasteiger partial charge is 0.493 e. The van der Waals surface area contributed by atoms with Crippen molar-refractivity contribution in [2.75, 3.05) is 44.8 Å². The maximum Gasteiger partial charge on any atom is 0.253 e. The van der Waals surface area contributed by atoms with Crippen LogP contribution in [0, 0.1) is 28.6 Å². The van der Waals surface area contributed by atoms with Crippen LogP contribution in [0.25, 0.3) is 0 Å². The number of methoxy groups -OCH3 is 1. The molecule has 3 N–H and O–H groups in total. The topological polar surface area (TPSA) is 152 Å². The van der Waals surface area contributed by atoms with Crippen molar-refractivity contribution in [1.29, 1.82) is 5.26 Å². The number of carbonyl (C=O) groups is 1. The van der Waals surface area contributed by atoms with Crippen LogP contribution >= 0.6 is 0 Å². The highest BCUT2D eigenvalue weighted by Gasteiger charge is 2.51. The molecule has 0 bridgehead atoms. The Hall–Kier alpha value is -3.20. The summed E-state index contributed by atoms with van der Waals surface area (Å²) >= 11 is 0. The molecule has 0 radical (unpaired) electrons. The third-order valence-corrected chi connectivity index (χ3v) is 7.68. The quantitative estimate of drug-likeness (QED) is 0.452. The van der Waals surface area contributed by atoms with Gasteiger partial charge < -0.3 is 34.6 Å². The molecule has 3 aliphatic rings. The van der Waals surface area contributed by atoms with Gasteiger partial charge in [0.2, 0.25) is 0 Å². The van der Waals surface area contributed by atoms with Crippen LogP contribution in [0.3, 0.4) is 0 Å². The average Bonchev–Trinajstić information content (AvgIpc) is 3.23. The molecule has 2 saturated heterocycles. The van der Waals surface area contributed by atoms with E-state index < -0.39 is 30.1 Å². The second-order valence-electron chi connectivity index (χ2n) is 9.94. The molecule has 11 nitrogen and oxygen atoms in total. The number of ether oxygens (including phenoxy) is 2. The Morgan fingerprint density at radius 3 is 2.64 bits per heavy atom. The number of carbonyl (C=O) groups excluding carboxylic acids is 1. The molecular formula is C25H33N5O6. The Morgan fingerprint density at radius 1 is 1.31 bits per heavy atom. The molecule has 1 amide bonds. The normalized spacial score (nSPS) is 27.9. The number of likely N-dealkylation sites (tertiary alicyclic amines) is 1. The van der Waals surface area contributed by atoms with Gasteiger partial charge in [0, 0.05) is 24.9 Å². The van der Waals surface area contributed by atoms with Gasteiger partial charge in [0.15, 0.2) is 17.6 Å². The molecule has 5 atom stereocenters. The second-order valence-corrected chi connectivity index (χ2v) is 9.94. The molecule has 0 aromatic carbocycles. The molecule has 4 rings (SSSR count). The first kappa shape index (κ1) is 25.9. The maximum absolute atomic E-state index is 12.6. The number of hydrogen-bond acceptors (Lipinski definition) is 10. The zero-order chi connectivity index (χ0) is 26.0. The molecule has 11 heteroatoms. The monoisotopic (exact) mass is 499 g/mol. The fourth-order valence-electron chi connectivity index (χ4n) is 5.26. The molecule has 2 fully saturated rings. The van der Waals surface area contributed by atoms with Gasteiger partial charge in [-0.1, -0.05) is 13.0 Å². The lowest BCUT2D eigenvalue weighted by Crippen LogP contribution is -2.52. The number of nitrogens with zero attached hydrogens (tertiary/aromatic N) is 5. The van der Waals surface area contributed by atoms with Crippen LogP contribution < -0.4 is 4.90 Å². The lowest BCUT2D eigenvalue weighted by Gasteiger charge is -2.42. The van der Waals surface area contributed by atoms with Crippen LogP contribution in [0.4, 0.5) is 5.82 Å². The summed E-state index contributed by atoms with van der Waals surface area (Å²) in [4.78, 5) is 24.5. The minimum atomic E-state index is -1.47. The first-order valence-electron chi connectivity index (χ1n) is 12.0. The van der Waals surface area contributed by atoms with Crippen molar-refractivity contribution in [3.8, 4) is 6.07 Å². The molecule has 2 aliphatic heterocycles. The third kappa shape index (κ3) is 4.89. The maximum atomic E-state index is 12.6. The van der Waals surface area contributed by atoms with Crippen molar-refractivity contribution in [1.82, 2.24) is 14.9 Å². The number of nitriles is 1. The number of rotatable bonds is 8. The summed E-state index contributed by atoms with van der Waals surface area (Å²) < 4.78 is 11.9. The lowest BCUT2D eigenvalue weighted by molar-refractivity contribution is -0.141. The predicted molar refractivity (Wildman–Crippen MR) is 128 cm³/mol. The van der Waals surface area contributed by atoms with Gasteiger partial charge in [0.25, 0.3) is 5.91 Å². The number of allylic oxidation sites excluding steroid dienone is 3. The zero-order valence-corrected chi connectivity index (χ0v) is 20.7. The van der Waals surface area contributed by atoms with E-state index in [2.05, 4.69) is 9.97 Å². The van der Waals surface area contributed by atoms with Gasteiger partial charge >= 0.3 is 0 Å². The van der Waals surface area contributed by atoms with Gasteiger partial charge in [-0.25, -0.2) is 9.97 Å². The summed E-state index contributed by atoms with van der Waals surface area (Å²) in [5, 5.41) is 38.6. The summed E-state index contributed by atoms with van der Waals surface area (Å²) in [6, 6.07) is 1.96. The number of aliphatic hydroxyl groups excluding tert-OH is 3. The Bertz CT molecular complexity index is 1060. The fourth-order valence-corrected chi connectivity index (χ4v) is 5.26. The van der Waals surface area contributed by atoms with Gasteiger partial charge in [-0.05, 0) is 24.8 Å². The Kier molecular flexibility index (Phi) is 7.49. The molecule has 1 aliphatic carbocycles. The second kappa shape index (κ2) is 10.4. The Balaban J connectivity index is 1.43. The van der Waals surface area contributed by atoms with E-state index in [4.69, 9.17) is 14.7 Å². The van der Waals surface area contributed by atoms with Gasteiger partial charge in [-0.15, -0.1) is 0 Å². The van der Waals surface area contributed by atoms with Crippen molar-refractivity contribution < 1.29 is 29.6 Å². The molecule has 0 saturated carbocycles. The number of anilines is 1. The summed E-state index contributed by atoms with van der Waals surface area (Å²) in [5.74, 6) is 1.40. The minimum absolute atomic E-state index is 0.0249. The average molecular weight is 500 g/mol. The summed E-state index contributed by atoms with van der Waals surface area (Å²) in [6.07, 6.45) is 5.25. The van der Waals surface area contributed by atoms with E-state index >= 15 is 0 Å². The van der Waals surface area contributed by atoms with Crippen molar-refractivity contribution in [2.24, 2.45) is 17.3 Å². The van der Waals surface area contributed by atoms with E-state index in [9.17, 15) is 20.1 Å². The molecule has 36 heavy (non-hydrogen) atoms. The van der Waals surface area contributed by atoms with Gasteiger partial charge in [-0.3, -0.25) is 4.79 Å². The summed E-state index contributed by atoms with van der Waals surface area (Å²) in [7, 11) is 1.59. The van der Waals surface area contributed by atoms with Gasteiger partial charge in [0.1, 0.15) is 23.8 Å². The van der Waals surface area contributed by atoms with E-state index in [1.807, 2.05) is 30.0 Å². The van der Waals surface area contributed by atoms with E-state index in [1.54, 1.807) is 20.2 Å². The lowest BCUT2D eigenvalue weighted by atomic mass is 9.68. The summed E-state index contributed by atoms with van der Waals surface area (Å²) in [6.45, 7) is 4.91. The number of aliphatic hydroxyl groups is 3. The van der Waals surface area contributed by atoms with E-state index in [0.717, 1.165) is 0 Å². The van der Waals surface area contributed by atoms with Crippen LogP contribution in [0.5, 0.6) is 0 Å². The highest BCUT2D eigenvalue weighted by molar-refractivity contribution is 5.81. The third-order valence-electron chi connectivity index (χ3n) is 7.68. The van der Waals surface area contributed by atoms with E-state index in [0.29, 0.717) is 43.4 Å². The van der Waals surface area contributed by atoms with Crippen LogP contribution in [0.2, 0.25) is 0 Å². The summed E-state index contributed by atoms with van der Waals surface area (Å²) in [5.41, 5.74) is -0.332. The first-order valence-corrected chi connectivity index (χ1v) is 12.0. The van der Waals surface area contributed by atoms with E-state index in [-0.39, 0.29) is 30.2 Å². The van der Waals surface area contributed by atoms with Crippen molar-refractivity contribution >= 4 is 11.7 Å². The van der Waals surface area contributed by atoms with Crippen LogP contribution in [0.1, 0.15) is 26.0 Å². The SMILES string of the molecule is COC1=C(OC2CN(c3cnc(C#N)cn3)C2)CC([C@@H]2CN(C(=O)[C@@H](O)CO)C[C@@]2(C)[C@@H](C)O)C=C1. The molecule has 1 unspecified atom stereocenters. The van der Waals surface area contributed by atoms with Crippen molar-refractivity contribution in [2.45, 2.75) is 38.6 Å². The van der Waals surface area contributed by atoms with Crippen LogP contribution in [-0.4, -0.2) is 94.3 Å². The van der Waals surface area contributed by atoms with Crippen LogP contribution in [-0.2, 0) is 14.3 Å². The van der Waals surface area contributed by atoms with E-state index in [1.165, 1.54) is 11.1 Å². The molecule has 194 valence electrons. The highest BCUT2D eigenvalue weighted by Crippen LogP contribution is 2.47. The first-order chi connectivity index (χ1) is 17.2. The smallest absolute Gasteiger partial charge is 0.253 e. The molecular weight excluding hydrogens is 466 g/mol. The number of hydrogen-bond donors (Lipinski definition) is 3. The number of aromatic nitrogens is 2. The standard InChI is InChI=1S/C25H33N5O6/c1-15(32)25(2)14-30(24(34)20(33)13-31)12-19(25)16-4-5-21(35-3)22(6-16)36-18-10-29(11-18)23-9-27-17(7-26)8-28-23/h4-5,8-9,15-16,18-20,31-33H,6,10-14H2,1-3H3/t15-,16?,19+,20+,25+/m1/s1.